The average Bonchev–Trinajstić information content (AvgIpc) is 2.87. The Morgan fingerprint density at radius 3 is 2.45 bits per heavy atom. The standard InChI is InChI=1S/C19H16F6O3S/c1-2-26-9-27-17-16-13(8-19(17,24)25)14(3-4-15(16)29-18(22)23)28-12-6-10(20)5-11(21)7-12/h3-7,17-18H,2,8-9H2,1H3/t17-/m0/s1. The number of hydrogen-bond acceptors (Lipinski definition) is 4. The van der Waals surface area contributed by atoms with Crippen molar-refractivity contribution < 1.29 is 40.6 Å². The molecule has 0 fully saturated rings. The number of thioether (sulfide) groups is 1. The lowest BCUT2D eigenvalue weighted by Crippen LogP contribution is -2.25. The number of benzene rings is 2. The van der Waals surface area contributed by atoms with Gasteiger partial charge >= 0.3 is 0 Å². The highest BCUT2D eigenvalue weighted by atomic mass is 32.2. The minimum Gasteiger partial charge on any atom is -0.457 e. The van der Waals surface area contributed by atoms with Gasteiger partial charge in [0.25, 0.3) is 11.7 Å². The summed E-state index contributed by atoms with van der Waals surface area (Å²) < 4.78 is 97.5. The zero-order valence-corrected chi connectivity index (χ0v) is 15.9. The van der Waals surface area contributed by atoms with Gasteiger partial charge in [-0.1, -0.05) is 11.8 Å². The van der Waals surface area contributed by atoms with Crippen LogP contribution in [0.5, 0.6) is 11.5 Å². The summed E-state index contributed by atoms with van der Waals surface area (Å²) in [5, 5.41) is 0. The molecule has 1 aliphatic rings. The maximum absolute atomic E-state index is 14.6. The first-order chi connectivity index (χ1) is 13.7. The Morgan fingerprint density at radius 1 is 1.14 bits per heavy atom. The average molecular weight is 438 g/mol. The first-order valence-corrected chi connectivity index (χ1v) is 9.41. The lowest BCUT2D eigenvalue weighted by atomic mass is 10.1. The van der Waals surface area contributed by atoms with Crippen LogP contribution in [0, 0.1) is 11.6 Å². The summed E-state index contributed by atoms with van der Waals surface area (Å²) in [6, 6.07) is 4.80. The predicted molar refractivity (Wildman–Crippen MR) is 93.7 cm³/mol. The minimum atomic E-state index is -3.41. The Morgan fingerprint density at radius 2 is 1.83 bits per heavy atom. The number of fused-ring (bicyclic) bond motifs is 1. The van der Waals surface area contributed by atoms with E-state index in [1.54, 1.807) is 6.92 Å². The fourth-order valence-corrected chi connectivity index (χ4v) is 3.74. The van der Waals surface area contributed by atoms with Gasteiger partial charge in [0, 0.05) is 47.2 Å². The van der Waals surface area contributed by atoms with Crippen molar-refractivity contribution in [1.29, 1.82) is 0 Å². The normalized spacial score (nSPS) is 17.6. The van der Waals surface area contributed by atoms with Crippen LogP contribution in [-0.2, 0) is 15.9 Å². The monoisotopic (exact) mass is 438 g/mol. The second-order valence-corrected chi connectivity index (χ2v) is 7.17. The van der Waals surface area contributed by atoms with E-state index in [4.69, 9.17) is 14.2 Å². The molecular formula is C19H16F6O3S. The zero-order chi connectivity index (χ0) is 21.2. The first kappa shape index (κ1) is 21.8. The topological polar surface area (TPSA) is 27.7 Å². The number of hydrogen-bond donors (Lipinski definition) is 0. The molecule has 0 aliphatic heterocycles. The van der Waals surface area contributed by atoms with E-state index >= 15 is 0 Å². The van der Waals surface area contributed by atoms with Gasteiger partial charge in [-0.25, -0.2) is 17.6 Å². The van der Waals surface area contributed by atoms with Gasteiger partial charge in [-0.15, -0.1) is 0 Å². The van der Waals surface area contributed by atoms with E-state index in [2.05, 4.69) is 0 Å². The molecule has 1 atom stereocenters. The molecule has 0 saturated heterocycles. The fraction of sp³-hybridized carbons (Fsp3) is 0.368. The maximum atomic E-state index is 14.6. The Balaban J connectivity index is 2.02. The van der Waals surface area contributed by atoms with Crippen molar-refractivity contribution in [2.75, 3.05) is 13.4 Å². The van der Waals surface area contributed by atoms with E-state index in [0.717, 1.165) is 12.1 Å². The molecule has 3 nitrogen and oxygen atoms in total. The summed E-state index contributed by atoms with van der Waals surface area (Å²) in [6.07, 6.45) is -2.66. The third-order valence-corrected chi connectivity index (χ3v) is 4.92. The molecule has 3 rings (SSSR count). The summed E-state index contributed by atoms with van der Waals surface area (Å²) >= 11 is 0.104. The quantitative estimate of drug-likeness (QED) is 0.209. The van der Waals surface area contributed by atoms with Crippen LogP contribution < -0.4 is 4.74 Å². The van der Waals surface area contributed by atoms with E-state index < -0.39 is 42.6 Å². The Hall–Kier alpha value is -1.91. The van der Waals surface area contributed by atoms with E-state index in [9.17, 15) is 26.3 Å². The molecule has 158 valence electrons. The predicted octanol–water partition coefficient (Wildman–Crippen LogP) is 6.31. The molecule has 0 radical (unpaired) electrons. The molecule has 0 saturated carbocycles. The van der Waals surface area contributed by atoms with E-state index in [0.29, 0.717) is 6.07 Å². The summed E-state index contributed by atoms with van der Waals surface area (Å²) in [5.74, 6) is -8.45. The van der Waals surface area contributed by atoms with Crippen LogP contribution in [0.3, 0.4) is 0 Å². The molecule has 2 aromatic carbocycles. The van der Waals surface area contributed by atoms with Crippen LogP contribution in [0.2, 0.25) is 0 Å². The van der Waals surface area contributed by atoms with Crippen molar-refractivity contribution in [2.45, 2.75) is 36.0 Å². The number of halogens is 6. The van der Waals surface area contributed by atoms with Crippen LogP contribution in [0.1, 0.15) is 24.2 Å². The fourth-order valence-electron chi connectivity index (χ4n) is 3.05. The zero-order valence-electron chi connectivity index (χ0n) is 15.1. The molecule has 10 heteroatoms. The Labute approximate surface area is 166 Å². The van der Waals surface area contributed by atoms with E-state index in [1.165, 1.54) is 12.1 Å². The van der Waals surface area contributed by atoms with Gasteiger partial charge in [0.1, 0.15) is 29.9 Å². The van der Waals surface area contributed by atoms with Crippen LogP contribution in [-0.4, -0.2) is 25.1 Å². The number of alkyl halides is 4. The summed E-state index contributed by atoms with van der Waals surface area (Å²) in [7, 11) is 0. The van der Waals surface area contributed by atoms with Crippen LogP contribution in [0.25, 0.3) is 0 Å². The highest BCUT2D eigenvalue weighted by Crippen LogP contribution is 2.52. The molecule has 0 aromatic heterocycles. The molecule has 0 heterocycles. The Bertz CT molecular complexity index is 857. The molecule has 0 bridgehead atoms. The minimum absolute atomic E-state index is 0.0631. The van der Waals surface area contributed by atoms with Crippen molar-refractivity contribution in [3.05, 3.63) is 53.1 Å². The lowest BCUT2D eigenvalue weighted by Gasteiger charge is -2.21. The van der Waals surface area contributed by atoms with E-state index in [-0.39, 0.29) is 45.9 Å². The van der Waals surface area contributed by atoms with Gasteiger partial charge in [-0.2, -0.15) is 8.78 Å². The lowest BCUT2D eigenvalue weighted by molar-refractivity contribution is -0.175. The second kappa shape index (κ2) is 8.85. The van der Waals surface area contributed by atoms with Crippen molar-refractivity contribution in [1.82, 2.24) is 0 Å². The van der Waals surface area contributed by atoms with Crippen LogP contribution in [0.15, 0.2) is 35.2 Å². The molecule has 1 aliphatic carbocycles. The summed E-state index contributed by atoms with van der Waals surface area (Å²) in [4.78, 5) is -0.0913. The molecular weight excluding hydrogens is 422 g/mol. The highest BCUT2D eigenvalue weighted by molar-refractivity contribution is 7.99. The van der Waals surface area contributed by atoms with Crippen molar-refractivity contribution in [2.24, 2.45) is 0 Å². The van der Waals surface area contributed by atoms with Crippen LogP contribution >= 0.6 is 11.8 Å². The smallest absolute Gasteiger partial charge is 0.288 e. The van der Waals surface area contributed by atoms with Crippen molar-refractivity contribution >= 4 is 11.8 Å². The van der Waals surface area contributed by atoms with Gasteiger partial charge in [-0.3, -0.25) is 0 Å². The van der Waals surface area contributed by atoms with E-state index in [1.807, 2.05) is 0 Å². The third-order valence-electron chi connectivity index (χ3n) is 4.13. The molecule has 2 aromatic rings. The molecule has 0 spiro atoms. The van der Waals surface area contributed by atoms with Crippen molar-refractivity contribution in [3.8, 4) is 11.5 Å². The van der Waals surface area contributed by atoms with Gasteiger partial charge in [-0.05, 0) is 19.1 Å². The molecule has 29 heavy (non-hydrogen) atoms. The maximum Gasteiger partial charge on any atom is 0.288 e. The highest BCUT2D eigenvalue weighted by Gasteiger charge is 2.51. The van der Waals surface area contributed by atoms with Crippen LogP contribution in [0.4, 0.5) is 26.3 Å². The summed E-state index contributed by atoms with van der Waals surface area (Å²) in [6.45, 7) is 1.42. The van der Waals surface area contributed by atoms with Gasteiger partial charge in [0.05, 0.1) is 0 Å². The number of ether oxygens (including phenoxy) is 3. The van der Waals surface area contributed by atoms with Gasteiger partial charge < -0.3 is 14.2 Å². The van der Waals surface area contributed by atoms with Crippen molar-refractivity contribution in [3.63, 3.8) is 0 Å². The molecule has 0 amide bonds. The molecule has 0 unspecified atom stereocenters. The number of rotatable bonds is 8. The third kappa shape index (κ3) is 4.99. The van der Waals surface area contributed by atoms with Gasteiger partial charge in [0.15, 0.2) is 6.10 Å². The largest absolute Gasteiger partial charge is 0.457 e. The Kier molecular flexibility index (Phi) is 6.65. The second-order valence-electron chi connectivity index (χ2n) is 6.13. The first-order valence-electron chi connectivity index (χ1n) is 8.53. The van der Waals surface area contributed by atoms with Gasteiger partial charge in [0.2, 0.25) is 0 Å². The molecule has 0 N–H and O–H groups in total. The summed E-state index contributed by atoms with van der Waals surface area (Å²) in [5.41, 5.74) is -0.207. The SMILES string of the molecule is CCOCO[C@H]1c2c(SC(F)F)ccc(Oc3cc(F)cc(F)c3)c2CC1(F)F.